The Morgan fingerprint density at radius 2 is 1.70 bits per heavy atom. The Balaban J connectivity index is 1.61. The predicted molar refractivity (Wildman–Crippen MR) is 130 cm³/mol. The van der Waals surface area contributed by atoms with Gasteiger partial charge in [0.25, 0.3) is 11.7 Å². The maximum atomic E-state index is 13.6. The average Bonchev–Trinajstić information content (AvgIpc) is 3.61. The van der Waals surface area contributed by atoms with Gasteiger partial charge < -0.3 is 14.8 Å². The van der Waals surface area contributed by atoms with Gasteiger partial charge in [-0.3, -0.25) is 9.79 Å². The number of ketones is 1. The highest BCUT2D eigenvalue weighted by Crippen LogP contribution is 2.44. The van der Waals surface area contributed by atoms with Crippen LogP contribution in [-0.2, 0) is 16.5 Å². The highest BCUT2D eigenvalue weighted by Gasteiger charge is 2.53. The minimum absolute atomic E-state index is 0.132. The Kier molecular flexibility index (Phi) is 4.61. The summed E-state index contributed by atoms with van der Waals surface area (Å²) in [6.45, 7) is 5.24. The smallest absolute Gasteiger partial charge is 0.373 e. The summed E-state index contributed by atoms with van der Waals surface area (Å²) in [5.41, 5.74) is -1.44. The lowest BCUT2D eigenvalue weighted by atomic mass is 9.80. The van der Waals surface area contributed by atoms with Crippen LogP contribution in [0.1, 0.15) is 32.5 Å². The molecule has 0 saturated carbocycles. The number of alkyl halides is 3. The molecule has 2 aromatic rings. The number of nitrogens with zero attached hydrogens (tertiary/aromatic N) is 4. The van der Waals surface area contributed by atoms with E-state index in [2.05, 4.69) is 25.4 Å². The standard InChI is InChI=1S/C26H21F3N6O2/c1-23(2)19-13-25(22-32-21(35-37-22)26(27,28)29)9-8-17(33-25)11-16-5-4-14(30-16)10-15-6-7-18(31-15)12-24(3,34-19)20(23)36/h4-13,30,34H,1-3H3. The summed E-state index contributed by atoms with van der Waals surface area (Å²) in [4.78, 5) is 29.8. The zero-order chi connectivity index (χ0) is 26.2. The summed E-state index contributed by atoms with van der Waals surface area (Å²) in [5.74, 6) is -1.90. The Hall–Kier alpha value is -4.28. The molecule has 4 aliphatic heterocycles. The normalized spacial score (nSPS) is 27.7. The van der Waals surface area contributed by atoms with E-state index in [4.69, 9.17) is 9.52 Å². The number of hydrogen-bond acceptors (Lipinski definition) is 7. The number of fused-ring (bicyclic) bond motifs is 6. The molecule has 8 nitrogen and oxygen atoms in total. The number of rotatable bonds is 1. The molecule has 8 bridgehead atoms. The predicted octanol–water partition coefficient (Wildman–Crippen LogP) is 2.63. The molecule has 11 heteroatoms. The van der Waals surface area contributed by atoms with Crippen LogP contribution in [-0.4, -0.2) is 37.9 Å². The molecule has 4 aliphatic rings. The Morgan fingerprint density at radius 3 is 2.41 bits per heavy atom. The molecule has 0 aromatic carbocycles. The van der Waals surface area contributed by atoms with Gasteiger partial charge in [-0.2, -0.15) is 18.2 Å². The number of aromatic nitrogens is 3. The molecule has 0 amide bonds. The van der Waals surface area contributed by atoms with Crippen LogP contribution in [0.4, 0.5) is 13.2 Å². The lowest BCUT2D eigenvalue weighted by Crippen LogP contribution is -2.41. The zero-order valence-corrected chi connectivity index (χ0v) is 20.0. The maximum Gasteiger partial charge on any atom is 0.455 e. The van der Waals surface area contributed by atoms with Crippen molar-refractivity contribution in [2.45, 2.75) is 38.0 Å². The number of hydrogen-bond donors (Lipinski definition) is 2. The topological polar surface area (TPSA) is 109 Å². The van der Waals surface area contributed by atoms with Crippen molar-refractivity contribution < 1.29 is 22.5 Å². The highest BCUT2D eigenvalue weighted by molar-refractivity contribution is 6.20. The van der Waals surface area contributed by atoms with Gasteiger partial charge in [0.15, 0.2) is 11.3 Å². The minimum atomic E-state index is -4.79. The summed E-state index contributed by atoms with van der Waals surface area (Å²) in [6, 6.07) is 3.73. The van der Waals surface area contributed by atoms with Gasteiger partial charge in [0.2, 0.25) is 0 Å². The van der Waals surface area contributed by atoms with Crippen molar-refractivity contribution in [3.8, 4) is 0 Å². The fraction of sp³-hybridized carbons (Fsp3) is 0.269. The lowest BCUT2D eigenvalue weighted by molar-refractivity contribution is -0.146. The van der Waals surface area contributed by atoms with Gasteiger partial charge >= 0.3 is 6.18 Å². The van der Waals surface area contributed by atoms with E-state index in [1.807, 2.05) is 30.4 Å². The number of allylic oxidation sites excluding steroid dienone is 4. The monoisotopic (exact) mass is 506 g/mol. The van der Waals surface area contributed by atoms with Gasteiger partial charge in [0.1, 0.15) is 5.54 Å². The quantitative estimate of drug-likeness (QED) is 0.618. The molecule has 6 rings (SSSR count). The Morgan fingerprint density at radius 1 is 0.973 bits per heavy atom. The van der Waals surface area contributed by atoms with Crippen molar-refractivity contribution in [3.63, 3.8) is 0 Å². The van der Waals surface area contributed by atoms with Gasteiger partial charge in [-0.1, -0.05) is 5.16 Å². The van der Waals surface area contributed by atoms with Crippen LogP contribution < -0.4 is 16.0 Å². The number of H-pyrrole nitrogens is 1. The Bertz CT molecular complexity index is 1660. The van der Waals surface area contributed by atoms with Gasteiger partial charge in [0, 0.05) is 16.4 Å². The summed E-state index contributed by atoms with van der Waals surface area (Å²) < 4.78 is 45.0. The van der Waals surface area contributed by atoms with E-state index >= 15 is 0 Å². The van der Waals surface area contributed by atoms with Crippen molar-refractivity contribution in [2.75, 3.05) is 0 Å². The fourth-order valence-corrected chi connectivity index (χ4v) is 4.91. The van der Waals surface area contributed by atoms with E-state index in [0.717, 1.165) is 16.4 Å². The largest absolute Gasteiger partial charge is 0.455 e. The van der Waals surface area contributed by atoms with Crippen molar-refractivity contribution in [1.29, 1.82) is 0 Å². The third-order valence-electron chi connectivity index (χ3n) is 6.77. The van der Waals surface area contributed by atoms with E-state index in [1.54, 1.807) is 51.2 Å². The molecule has 0 radical (unpaired) electrons. The Labute approximate surface area is 208 Å². The molecule has 1 saturated heterocycles. The van der Waals surface area contributed by atoms with Crippen LogP contribution in [0, 0.1) is 5.41 Å². The molecular formula is C26H21F3N6O2. The highest BCUT2D eigenvalue weighted by atomic mass is 19.4. The molecule has 188 valence electrons. The molecule has 6 heterocycles. The molecule has 1 fully saturated rings. The molecule has 2 atom stereocenters. The minimum Gasteiger partial charge on any atom is -0.373 e. The molecule has 0 aliphatic carbocycles. The van der Waals surface area contributed by atoms with Crippen molar-refractivity contribution in [3.05, 3.63) is 82.4 Å². The van der Waals surface area contributed by atoms with E-state index in [0.29, 0.717) is 17.1 Å². The van der Waals surface area contributed by atoms with E-state index in [1.165, 1.54) is 0 Å². The van der Waals surface area contributed by atoms with Gasteiger partial charge in [-0.25, -0.2) is 4.99 Å². The van der Waals surface area contributed by atoms with E-state index in [-0.39, 0.29) is 11.7 Å². The maximum absolute atomic E-state index is 13.6. The van der Waals surface area contributed by atoms with Crippen LogP contribution in [0.2, 0.25) is 0 Å². The summed E-state index contributed by atoms with van der Waals surface area (Å²) in [6.07, 6.45) is 9.09. The first-order valence-corrected chi connectivity index (χ1v) is 11.5. The SMILES string of the molecule is CC12C=C3C=CC(=N3)C=c3ccc([nH]3)=CC3=NC(c4nc(C(F)(F)F)no4)(C=C3)C=C(N1)C(C)(C)C2=O. The lowest BCUT2D eigenvalue weighted by Gasteiger charge is -2.22. The van der Waals surface area contributed by atoms with Gasteiger partial charge in [-0.05, 0) is 81.5 Å². The van der Waals surface area contributed by atoms with E-state index < -0.39 is 28.5 Å². The third-order valence-corrected chi connectivity index (χ3v) is 6.77. The molecule has 37 heavy (non-hydrogen) atoms. The van der Waals surface area contributed by atoms with Crippen LogP contribution >= 0.6 is 0 Å². The van der Waals surface area contributed by atoms with Crippen molar-refractivity contribution in [2.24, 2.45) is 15.4 Å². The third kappa shape index (κ3) is 3.73. The van der Waals surface area contributed by atoms with Crippen molar-refractivity contribution in [1.82, 2.24) is 20.4 Å². The first-order chi connectivity index (χ1) is 17.4. The van der Waals surface area contributed by atoms with E-state index in [9.17, 15) is 18.0 Å². The van der Waals surface area contributed by atoms with Gasteiger partial charge in [-0.15, -0.1) is 0 Å². The first kappa shape index (κ1) is 23.1. The average molecular weight is 506 g/mol. The summed E-state index contributed by atoms with van der Waals surface area (Å²) in [7, 11) is 0. The van der Waals surface area contributed by atoms with Crippen molar-refractivity contribution >= 4 is 29.4 Å². The number of nitrogens with one attached hydrogen (secondary N) is 2. The second kappa shape index (κ2) is 7.37. The zero-order valence-electron chi connectivity index (χ0n) is 20.0. The second-order valence-electron chi connectivity index (χ2n) is 10.1. The second-order valence-corrected chi connectivity index (χ2v) is 10.1. The number of aromatic amines is 1. The van der Waals surface area contributed by atoms with Crippen LogP contribution in [0.5, 0.6) is 0 Å². The van der Waals surface area contributed by atoms with Crippen LogP contribution in [0.25, 0.3) is 12.2 Å². The molecule has 2 aromatic heterocycles. The molecular weight excluding hydrogens is 485 g/mol. The number of carbonyl (C=O) groups excluding carboxylic acids is 1. The number of halogens is 3. The number of Topliss-reactive ketones (excluding diaryl/α,β-unsaturated/α-hetero) is 1. The van der Waals surface area contributed by atoms with Gasteiger partial charge in [0.05, 0.1) is 22.5 Å². The fourth-order valence-electron chi connectivity index (χ4n) is 4.91. The molecule has 2 unspecified atom stereocenters. The molecule has 2 N–H and O–H groups in total. The first-order valence-electron chi connectivity index (χ1n) is 11.5. The van der Waals surface area contributed by atoms with Crippen LogP contribution in [0.3, 0.4) is 0 Å². The molecule has 0 spiro atoms. The van der Waals surface area contributed by atoms with Crippen LogP contribution in [0.15, 0.2) is 74.5 Å². The number of carbonyl (C=O) groups is 1. The number of aliphatic imine (C=N–C) groups is 2. The summed E-state index contributed by atoms with van der Waals surface area (Å²) >= 11 is 0. The summed E-state index contributed by atoms with van der Waals surface area (Å²) in [5, 5.41) is 7.94.